The molecule has 1 aliphatic rings. The highest BCUT2D eigenvalue weighted by molar-refractivity contribution is 6.31. The molecule has 0 aromatic heterocycles. The first-order chi connectivity index (χ1) is 8.88. The van der Waals surface area contributed by atoms with E-state index in [1.807, 2.05) is 0 Å². The van der Waals surface area contributed by atoms with Gasteiger partial charge in [-0.3, -0.25) is 9.80 Å². The van der Waals surface area contributed by atoms with Crippen LogP contribution < -0.4 is 0 Å². The highest BCUT2D eigenvalue weighted by Crippen LogP contribution is 2.22. The molecule has 106 valence electrons. The predicted octanol–water partition coefficient (Wildman–Crippen LogP) is 3.40. The second-order valence-corrected chi connectivity index (χ2v) is 6.54. The summed E-state index contributed by atoms with van der Waals surface area (Å²) >= 11 is 6.07. The molecule has 0 unspecified atom stereocenters. The molecule has 1 aliphatic heterocycles. The molecule has 1 heterocycles. The lowest BCUT2D eigenvalue weighted by atomic mass is 10.0. The Morgan fingerprint density at radius 2 is 1.79 bits per heavy atom. The lowest BCUT2D eigenvalue weighted by molar-refractivity contribution is 0.0586. The smallest absolute Gasteiger partial charge is 0.129 e. The predicted molar refractivity (Wildman–Crippen MR) is 78.0 cm³/mol. The van der Waals surface area contributed by atoms with E-state index in [2.05, 4.69) is 30.6 Å². The first-order valence-corrected chi connectivity index (χ1v) is 7.16. The standard InChI is InChI=1S/C15H22ClFN2/c1-15(2,3)19-9-7-18(8-10-19)11-12-13(16)5-4-6-14(12)17/h4-6H,7-11H2,1-3H3. The van der Waals surface area contributed by atoms with Gasteiger partial charge >= 0.3 is 0 Å². The summed E-state index contributed by atoms with van der Waals surface area (Å²) < 4.78 is 13.7. The fraction of sp³-hybridized carbons (Fsp3) is 0.600. The van der Waals surface area contributed by atoms with Crippen LogP contribution >= 0.6 is 11.6 Å². The number of nitrogens with zero attached hydrogens (tertiary/aromatic N) is 2. The van der Waals surface area contributed by atoms with Gasteiger partial charge < -0.3 is 0 Å². The summed E-state index contributed by atoms with van der Waals surface area (Å²) in [6.07, 6.45) is 0. The molecule has 2 nitrogen and oxygen atoms in total. The summed E-state index contributed by atoms with van der Waals surface area (Å²) in [5.74, 6) is -0.203. The highest BCUT2D eigenvalue weighted by atomic mass is 35.5. The fourth-order valence-corrected chi connectivity index (χ4v) is 2.71. The maximum atomic E-state index is 13.7. The molecule has 1 aromatic carbocycles. The topological polar surface area (TPSA) is 6.48 Å². The van der Waals surface area contributed by atoms with Crippen molar-refractivity contribution in [2.24, 2.45) is 0 Å². The van der Waals surface area contributed by atoms with Crippen LogP contribution in [0.1, 0.15) is 26.3 Å². The maximum absolute atomic E-state index is 13.7. The van der Waals surface area contributed by atoms with Crippen molar-refractivity contribution in [1.29, 1.82) is 0 Å². The summed E-state index contributed by atoms with van der Waals surface area (Å²) in [7, 11) is 0. The summed E-state index contributed by atoms with van der Waals surface area (Å²) in [5.41, 5.74) is 0.829. The Balaban J connectivity index is 1.96. The van der Waals surface area contributed by atoms with Gasteiger partial charge in [-0.2, -0.15) is 0 Å². The van der Waals surface area contributed by atoms with Gasteiger partial charge in [-0.1, -0.05) is 17.7 Å². The fourth-order valence-electron chi connectivity index (χ4n) is 2.48. The van der Waals surface area contributed by atoms with Crippen molar-refractivity contribution in [3.8, 4) is 0 Å². The third-order valence-electron chi connectivity index (χ3n) is 3.76. The van der Waals surface area contributed by atoms with Gasteiger partial charge in [0.15, 0.2) is 0 Å². The number of piperazine rings is 1. The Kier molecular flexibility index (Phi) is 4.49. The number of benzene rings is 1. The zero-order chi connectivity index (χ0) is 14.0. The van der Waals surface area contributed by atoms with Gasteiger partial charge in [-0.15, -0.1) is 0 Å². The molecule has 19 heavy (non-hydrogen) atoms. The maximum Gasteiger partial charge on any atom is 0.129 e. The minimum atomic E-state index is -0.203. The Labute approximate surface area is 120 Å². The molecular formula is C15H22ClFN2. The van der Waals surface area contributed by atoms with Crippen LogP contribution in [0.2, 0.25) is 5.02 Å². The van der Waals surface area contributed by atoms with Crippen molar-refractivity contribution in [3.63, 3.8) is 0 Å². The van der Waals surface area contributed by atoms with Crippen LogP contribution in [0.3, 0.4) is 0 Å². The van der Waals surface area contributed by atoms with Gasteiger partial charge in [0, 0.05) is 48.8 Å². The summed E-state index contributed by atoms with van der Waals surface area (Å²) in [4.78, 5) is 4.74. The number of rotatable bonds is 2. The average Bonchev–Trinajstić information content (AvgIpc) is 2.33. The van der Waals surface area contributed by atoms with E-state index in [0.717, 1.165) is 26.2 Å². The first-order valence-electron chi connectivity index (χ1n) is 6.78. The van der Waals surface area contributed by atoms with E-state index in [0.29, 0.717) is 17.1 Å². The summed E-state index contributed by atoms with van der Waals surface area (Å²) in [5, 5.41) is 0.526. The van der Waals surface area contributed by atoms with E-state index < -0.39 is 0 Å². The molecule has 0 aliphatic carbocycles. The normalized spacial score (nSPS) is 18.8. The molecule has 2 rings (SSSR count). The van der Waals surface area contributed by atoms with E-state index in [1.165, 1.54) is 6.07 Å². The monoisotopic (exact) mass is 284 g/mol. The summed E-state index contributed by atoms with van der Waals surface area (Å²) in [6.45, 7) is 11.3. The second-order valence-electron chi connectivity index (χ2n) is 6.13. The number of halogens is 2. The lowest BCUT2D eigenvalue weighted by Gasteiger charge is -2.42. The average molecular weight is 285 g/mol. The van der Waals surface area contributed by atoms with Crippen molar-refractivity contribution in [2.45, 2.75) is 32.9 Å². The molecule has 0 bridgehead atoms. The van der Waals surface area contributed by atoms with Gasteiger partial charge in [0.1, 0.15) is 5.82 Å². The van der Waals surface area contributed by atoms with E-state index in [1.54, 1.807) is 12.1 Å². The molecule has 0 amide bonds. The molecule has 0 atom stereocenters. The van der Waals surface area contributed by atoms with E-state index in [-0.39, 0.29) is 11.4 Å². The highest BCUT2D eigenvalue weighted by Gasteiger charge is 2.26. The van der Waals surface area contributed by atoms with E-state index >= 15 is 0 Å². The Bertz CT molecular complexity index is 414. The molecular weight excluding hydrogens is 263 g/mol. The molecule has 0 radical (unpaired) electrons. The van der Waals surface area contributed by atoms with Gasteiger partial charge in [-0.05, 0) is 32.9 Å². The van der Waals surface area contributed by atoms with Crippen LogP contribution in [-0.2, 0) is 6.54 Å². The Hall–Kier alpha value is -0.640. The Morgan fingerprint density at radius 1 is 1.16 bits per heavy atom. The molecule has 0 spiro atoms. The molecule has 1 fully saturated rings. The number of hydrogen-bond acceptors (Lipinski definition) is 2. The van der Waals surface area contributed by atoms with Crippen molar-refractivity contribution < 1.29 is 4.39 Å². The lowest BCUT2D eigenvalue weighted by Crippen LogP contribution is -2.53. The van der Waals surface area contributed by atoms with Gasteiger partial charge in [0.25, 0.3) is 0 Å². The van der Waals surface area contributed by atoms with Crippen molar-refractivity contribution in [2.75, 3.05) is 26.2 Å². The quantitative estimate of drug-likeness (QED) is 0.821. The van der Waals surface area contributed by atoms with E-state index in [9.17, 15) is 4.39 Å². The molecule has 4 heteroatoms. The number of hydrogen-bond donors (Lipinski definition) is 0. The second kappa shape index (κ2) is 5.78. The van der Waals surface area contributed by atoms with Gasteiger partial charge in [-0.25, -0.2) is 4.39 Å². The summed E-state index contributed by atoms with van der Waals surface area (Å²) in [6, 6.07) is 4.89. The molecule has 1 aromatic rings. The van der Waals surface area contributed by atoms with Crippen LogP contribution in [0.15, 0.2) is 18.2 Å². The van der Waals surface area contributed by atoms with Crippen LogP contribution in [0.5, 0.6) is 0 Å². The molecule has 1 saturated heterocycles. The van der Waals surface area contributed by atoms with Crippen LogP contribution in [0.4, 0.5) is 4.39 Å². The van der Waals surface area contributed by atoms with Gasteiger partial charge in [0.05, 0.1) is 0 Å². The zero-order valence-electron chi connectivity index (χ0n) is 11.9. The largest absolute Gasteiger partial charge is 0.296 e. The SMILES string of the molecule is CC(C)(C)N1CCN(Cc2c(F)cccc2Cl)CC1. The minimum absolute atomic E-state index is 0.203. The van der Waals surface area contributed by atoms with Crippen molar-refractivity contribution in [1.82, 2.24) is 9.80 Å². The van der Waals surface area contributed by atoms with Gasteiger partial charge in [0.2, 0.25) is 0 Å². The molecule has 0 N–H and O–H groups in total. The van der Waals surface area contributed by atoms with Crippen LogP contribution in [0, 0.1) is 5.82 Å². The van der Waals surface area contributed by atoms with Crippen LogP contribution in [0.25, 0.3) is 0 Å². The zero-order valence-corrected chi connectivity index (χ0v) is 12.7. The first kappa shape index (κ1) is 14.8. The van der Waals surface area contributed by atoms with Crippen molar-refractivity contribution in [3.05, 3.63) is 34.6 Å². The third kappa shape index (κ3) is 3.68. The van der Waals surface area contributed by atoms with Crippen molar-refractivity contribution >= 4 is 11.6 Å². The Morgan fingerprint density at radius 3 is 2.32 bits per heavy atom. The molecule has 0 saturated carbocycles. The third-order valence-corrected chi connectivity index (χ3v) is 4.12. The van der Waals surface area contributed by atoms with E-state index in [4.69, 9.17) is 11.6 Å². The minimum Gasteiger partial charge on any atom is -0.296 e. The van der Waals surface area contributed by atoms with Crippen LogP contribution in [-0.4, -0.2) is 41.5 Å².